The Morgan fingerprint density at radius 3 is 2.44 bits per heavy atom. The maximum absolute atomic E-state index is 11.8. The van der Waals surface area contributed by atoms with Gasteiger partial charge in [0.05, 0.1) is 6.20 Å². The van der Waals surface area contributed by atoms with Crippen molar-refractivity contribution in [3.8, 4) is 0 Å². The molecule has 0 aliphatic carbocycles. The van der Waals surface area contributed by atoms with Gasteiger partial charge in [-0.05, 0) is 0 Å². The third kappa shape index (κ3) is 2.43. The molecular weight excluding hydrogens is 237 g/mol. The standard InChI is InChI=1S/C10H8N6O2/c11-8(17)7-9(15-4-3-14-7)16-10(18)6-5-12-1-2-13-6/h1-5H,(H2,11,17)(H,15,16,18)/i6+1. The van der Waals surface area contributed by atoms with E-state index in [4.69, 9.17) is 5.73 Å². The lowest BCUT2D eigenvalue weighted by molar-refractivity contribution is 0.0996. The molecule has 0 spiro atoms. The van der Waals surface area contributed by atoms with Crippen molar-refractivity contribution in [2.45, 2.75) is 0 Å². The first-order valence-electron chi connectivity index (χ1n) is 4.86. The lowest BCUT2D eigenvalue weighted by Crippen LogP contribution is -2.21. The highest BCUT2D eigenvalue weighted by Crippen LogP contribution is 2.08. The molecule has 0 saturated carbocycles. The first-order valence-corrected chi connectivity index (χ1v) is 4.86. The molecular formula is C10H8N6O2. The Kier molecular flexibility index (Phi) is 3.19. The smallest absolute Gasteiger partial charge is 0.277 e. The highest BCUT2D eigenvalue weighted by molar-refractivity contribution is 6.05. The van der Waals surface area contributed by atoms with E-state index >= 15 is 0 Å². The molecule has 0 aliphatic rings. The highest BCUT2D eigenvalue weighted by Gasteiger charge is 2.15. The fraction of sp³-hybridized carbons (Fsp3) is 0. The summed E-state index contributed by atoms with van der Waals surface area (Å²) >= 11 is 0. The molecule has 2 heterocycles. The topological polar surface area (TPSA) is 124 Å². The molecule has 0 bridgehead atoms. The zero-order valence-electron chi connectivity index (χ0n) is 9.07. The third-order valence-corrected chi connectivity index (χ3v) is 1.96. The second kappa shape index (κ2) is 4.95. The molecule has 2 aromatic heterocycles. The summed E-state index contributed by atoms with van der Waals surface area (Å²) in [5, 5.41) is 2.39. The van der Waals surface area contributed by atoms with Crippen molar-refractivity contribution in [1.82, 2.24) is 19.9 Å². The van der Waals surface area contributed by atoms with Gasteiger partial charge in [-0.3, -0.25) is 14.6 Å². The summed E-state index contributed by atoms with van der Waals surface area (Å²) in [6.45, 7) is 0. The van der Waals surface area contributed by atoms with Crippen LogP contribution in [0.5, 0.6) is 0 Å². The van der Waals surface area contributed by atoms with E-state index in [9.17, 15) is 9.59 Å². The number of carbonyl (C=O) groups is 2. The molecule has 2 amide bonds. The van der Waals surface area contributed by atoms with Crippen LogP contribution in [-0.4, -0.2) is 31.8 Å². The molecule has 90 valence electrons. The van der Waals surface area contributed by atoms with E-state index in [1.165, 1.54) is 31.0 Å². The van der Waals surface area contributed by atoms with Gasteiger partial charge < -0.3 is 11.1 Å². The van der Waals surface area contributed by atoms with Crippen molar-refractivity contribution in [1.29, 1.82) is 0 Å². The first-order chi connectivity index (χ1) is 8.68. The van der Waals surface area contributed by atoms with Gasteiger partial charge in [-0.1, -0.05) is 0 Å². The molecule has 0 radical (unpaired) electrons. The van der Waals surface area contributed by atoms with E-state index in [0.717, 1.165) is 0 Å². The van der Waals surface area contributed by atoms with Gasteiger partial charge in [0, 0.05) is 24.8 Å². The number of nitrogens with one attached hydrogen (secondary N) is 1. The van der Waals surface area contributed by atoms with E-state index in [-0.39, 0.29) is 17.2 Å². The average molecular weight is 245 g/mol. The normalized spacial score (nSPS) is 9.78. The molecule has 0 unspecified atom stereocenters. The maximum atomic E-state index is 11.8. The Bertz CT molecular complexity index is 586. The Labute approximate surface area is 101 Å². The average Bonchev–Trinajstić information content (AvgIpc) is 2.40. The summed E-state index contributed by atoms with van der Waals surface area (Å²) in [4.78, 5) is 38.0. The molecule has 8 heteroatoms. The minimum Gasteiger partial charge on any atom is -0.364 e. The van der Waals surface area contributed by atoms with Gasteiger partial charge in [-0.25, -0.2) is 15.0 Å². The van der Waals surface area contributed by atoms with Gasteiger partial charge in [-0.15, -0.1) is 0 Å². The van der Waals surface area contributed by atoms with E-state index in [1.54, 1.807) is 0 Å². The molecule has 0 aliphatic heterocycles. The monoisotopic (exact) mass is 245 g/mol. The van der Waals surface area contributed by atoms with E-state index < -0.39 is 11.8 Å². The Hall–Kier alpha value is -2.90. The van der Waals surface area contributed by atoms with E-state index in [0.29, 0.717) is 0 Å². The number of aromatic nitrogens is 4. The Morgan fingerprint density at radius 2 is 1.78 bits per heavy atom. The van der Waals surface area contributed by atoms with Crippen LogP contribution in [0.2, 0.25) is 0 Å². The van der Waals surface area contributed by atoms with Crippen LogP contribution >= 0.6 is 0 Å². The molecule has 0 atom stereocenters. The van der Waals surface area contributed by atoms with Crippen LogP contribution in [-0.2, 0) is 0 Å². The fourth-order valence-corrected chi connectivity index (χ4v) is 1.20. The molecule has 8 nitrogen and oxygen atoms in total. The lowest BCUT2D eigenvalue weighted by atomic mass is 10.4. The second-order valence-electron chi connectivity index (χ2n) is 3.16. The van der Waals surface area contributed by atoms with Gasteiger partial charge in [-0.2, -0.15) is 0 Å². The van der Waals surface area contributed by atoms with Crippen molar-refractivity contribution >= 4 is 17.6 Å². The summed E-state index contributed by atoms with van der Waals surface area (Å²) in [5.74, 6) is -1.34. The minimum absolute atomic E-state index is 0.0133. The molecule has 0 fully saturated rings. The van der Waals surface area contributed by atoms with Crippen molar-refractivity contribution in [2.75, 3.05) is 5.32 Å². The number of amides is 2. The number of anilines is 1. The zero-order valence-corrected chi connectivity index (χ0v) is 9.07. The minimum atomic E-state index is -0.780. The molecule has 2 aromatic rings. The fourth-order valence-electron chi connectivity index (χ4n) is 1.20. The predicted molar refractivity (Wildman–Crippen MR) is 60.5 cm³/mol. The number of hydrogen-bond acceptors (Lipinski definition) is 6. The summed E-state index contributed by atoms with van der Waals surface area (Å²) in [6.07, 6.45) is 6.74. The van der Waals surface area contributed by atoms with E-state index in [2.05, 4.69) is 25.3 Å². The van der Waals surface area contributed by atoms with Crippen molar-refractivity contribution in [2.24, 2.45) is 5.73 Å². The van der Waals surface area contributed by atoms with Crippen LogP contribution in [0.25, 0.3) is 0 Å². The largest absolute Gasteiger partial charge is 0.364 e. The summed E-state index contributed by atoms with van der Waals surface area (Å²) in [7, 11) is 0. The van der Waals surface area contributed by atoms with Gasteiger partial charge in [0.15, 0.2) is 11.5 Å². The van der Waals surface area contributed by atoms with Crippen LogP contribution in [0.4, 0.5) is 5.82 Å². The SMILES string of the molecule is NC(=O)c1nccnc1NC(=O)[13c]1cnccn1. The molecule has 3 N–H and O–H groups in total. The van der Waals surface area contributed by atoms with Gasteiger partial charge >= 0.3 is 0 Å². The molecule has 0 aromatic carbocycles. The number of carbonyl (C=O) groups excluding carboxylic acids is 2. The highest BCUT2D eigenvalue weighted by atomic mass is 16.2. The molecule has 18 heavy (non-hydrogen) atoms. The van der Waals surface area contributed by atoms with Crippen LogP contribution in [0.15, 0.2) is 31.0 Å². The first kappa shape index (κ1) is 11.6. The van der Waals surface area contributed by atoms with Crippen LogP contribution < -0.4 is 11.1 Å². The van der Waals surface area contributed by atoms with Crippen LogP contribution in [0, 0.1) is 0 Å². The number of primary amides is 1. The number of nitrogens with zero attached hydrogens (tertiary/aromatic N) is 4. The number of nitrogens with two attached hydrogens (primary N) is 1. The van der Waals surface area contributed by atoms with Gasteiger partial charge in [0.25, 0.3) is 11.8 Å². The van der Waals surface area contributed by atoms with Gasteiger partial charge in [0.1, 0.15) is 5.69 Å². The quantitative estimate of drug-likeness (QED) is 0.759. The zero-order chi connectivity index (χ0) is 13.0. The van der Waals surface area contributed by atoms with Crippen molar-refractivity contribution in [3.63, 3.8) is 0 Å². The van der Waals surface area contributed by atoms with Crippen LogP contribution in [0.3, 0.4) is 0 Å². The predicted octanol–water partition coefficient (Wildman–Crippen LogP) is -0.382. The number of hydrogen-bond donors (Lipinski definition) is 2. The lowest BCUT2D eigenvalue weighted by Gasteiger charge is -2.05. The summed E-state index contributed by atoms with van der Waals surface area (Å²) in [5.41, 5.74) is 5.09. The van der Waals surface area contributed by atoms with E-state index in [1.807, 2.05) is 0 Å². The Balaban J connectivity index is 2.25. The summed E-state index contributed by atoms with van der Waals surface area (Å²) < 4.78 is 0. The second-order valence-corrected chi connectivity index (χ2v) is 3.16. The van der Waals surface area contributed by atoms with Gasteiger partial charge in [0.2, 0.25) is 0 Å². The Morgan fingerprint density at radius 1 is 1.06 bits per heavy atom. The van der Waals surface area contributed by atoms with Crippen molar-refractivity contribution < 1.29 is 9.59 Å². The summed E-state index contributed by atoms with van der Waals surface area (Å²) in [6, 6.07) is 0. The van der Waals surface area contributed by atoms with Crippen LogP contribution in [0.1, 0.15) is 21.0 Å². The number of rotatable bonds is 3. The third-order valence-electron chi connectivity index (χ3n) is 1.96. The molecule has 0 saturated heterocycles. The van der Waals surface area contributed by atoms with Crippen molar-refractivity contribution in [3.05, 3.63) is 42.4 Å². The molecule has 2 rings (SSSR count). The maximum Gasteiger partial charge on any atom is 0.277 e.